The predicted molar refractivity (Wildman–Crippen MR) is 75.2 cm³/mol. The minimum absolute atomic E-state index is 0.138. The minimum Gasteiger partial charge on any atom is -0.508 e. The summed E-state index contributed by atoms with van der Waals surface area (Å²) in [7, 11) is 0. The fourth-order valence-electron chi connectivity index (χ4n) is 1.64. The molecule has 1 unspecified atom stereocenters. The number of rotatable bonds is 4. The molecule has 2 rings (SSSR count). The highest BCUT2D eigenvalue weighted by molar-refractivity contribution is 7.09. The number of nitrogens with zero attached hydrogens (tertiary/aromatic N) is 1. The number of hydrogen-bond donors (Lipinski definition) is 2. The third kappa shape index (κ3) is 3.02. The van der Waals surface area contributed by atoms with Gasteiger partial charge in [0.15, 0.2) is 0 Å². The van der Waals surface area contributed by atoms with Gasteiger partial charge in [-0.2, -0.15) is 0 Å². The maximum absolute atomic E-state index is 9.74. The summed E-state index contributed by atoms with van der Waals surface area (Å²) in [5, 5.41) is 16.7. The van der Waals surface area contributed by atoms with Gasteiger partial charge in [-0.15, -0.1) is 11.3 Å². The Balaban J connectivity index is 2.03. The molecule has 1 heterocycles. The van der Waals surface area contributed by atoms with Gasteiger partial charge in [-0.3, -0.25) is 0 Å². The third-order valence-corrected chi connectivity index (χ3v) is 4.19. The summed E-state index contributed by atoms with van der Waals surface area (Å²) in [6, 6.07) is 5.28. The number of phenolic OH excluding ortho intramolecular Hbond substituents is 1. The smallest absolute Gasteiger partial charge is 0.121 e. The van der Waals surface area contributed by atoms with E-state index in [2.05, 4.69) is 10.3 Å². The molecule has 0 aliphatic rings. The number of thiazole rings is 1. The van der Waals surface area contributed by atoms with Crippen molar-refractivity contribution in [2.75, 3.05) is 0 Å². The van der Waals surface area contributed by atoms with Crippen molar-refractivity contribution in [3.8, 4) is 5.75 Å². The summed E-state index contributed by atoms with van der Waals surface area (Å²) < 4.78 is 0. The van der Waals surface area contributed by atoms with E-state index in [0.717, 1.165) is 16.3 Å². The van der Waals surface area contributed by atoms with Crippen molar-refractivity contribution >= 4 is 22.9 Å². The predicted octanol–water partition coefficient (Wildman–Crippen LogP) is 3.66. The van der Waals surface area contributed by atoms with Crippen molar-refractivity contribution in [1.29, 1.82) is 0 Å². The van der Waals surface area contributed by atoms with Crippen molar-refractivity contribution in [3.63, 3.8) is 0 Å². The Morgan fingerprint density at radius 2 is 2.28 bits per heavy atom. The van der Waals surface area contributed by atoms with Gasteiger partial charge in [-0.25, -0.2) is 4.98 Å². The highest BCUT2D eigenvalue weighted by Gasteiger charge is 2.11. The fraction of sp³-hybridized carbons (Fsp3) is 0.308. The number of aromatic hydroxyl groups is 1. The van der Waals surface area contributed by atoms with Crippen LogP contribution in [0.3, 0.4) is 0 Å². The molecule has 0 amide bonds. The summed E-state index contributed by atoms with van der Waals surface area (Å²) >= 11 is 7.68. The highest BCUT2D eigenvalue weighted by Crippen LogP contribution is 2.26. The number of phenols is 1. The average molecular weight is 283 g/mol. The van der Waals surface area contributed by atoms with E-state index in [-0.39, 0.29) is 11.8 Å². The van der Waals surface area contributed by atoms with Gasteiger partial charge in [0.1, 0.15) is 10.8 Å². The van der Waals surface area contributed by atoms with Gasteiger partial charge in [0.2, 0.25) is 0 Å². The van der Waals surface area contributed by atoms with Gasteiger partial charge in [-0.05, 0) is 26.0 Å². The first-order valence-corrected chi connectivity index (χ1v) is 6.95. The Bertz CT molecular complexity index is 521. The van der Waals surface area contributed by atoms with Gasteiger partial charge in [-0.1, -0.05) is 17.7 Å². The van der Waals surface area contributed by atoms with E-state index in [9.17, 15) is 5.11 Å². The van der Waals surface area contributed by atoms with Crippen LogP contribution in [0, 0.1) is 6.92 Å². The lowest BCUT2D eigenvalue weighted by atomic mass is 10.2. The summed E-state index contributed by atoms with van der Waals surface area (Å²) in [4.78, 5) is 4.43. The van der Waals surface area contributed by atoms with E-state index in [0.29, 0.717) is 11.6 Å². The lowest BCUT2D eigenvalue weighted by Crippen LogP contribution is -2.18. The van der Waals surface area contributed by atoms with Crippen LogP contribution in [-0.4, -0.2) is 10.1 Å². The molecule has 0 bridgehead atoms. The van der Waals surface area contributed by atoms with Crippen LogP contribution >= 0.6 is 22.9 Å². The molecule has 1 aromatic carbocycles. The monoisotopic (exact) mass is 282 g/mol. The van der Waals surface area contributed by atoms with Crippen molar-refractivity contribution in [2.45, 2.75) is 26.4 Å². The number of aryl methyl sites for hydroxylation is 1. The zero-order valence-electron chi connectivity index (χ0n) is 10.3. The van der Waals surface area contributed by atoms with Crippen LogP contribution in [0.4, 0.5) is 0 Å². The van der Waals surface area contributed by atoms with Crippen LogP contribution in [0.1, 0.15) is 29.2 Å². The average Bonchev–Trinajstić information content (AvgIpc) is 2.75. The molecule has 0 spiro atoms. The van der Waals surface area contributed by atoms with Gasteiger partial charge in [0.25, 0.3) is 0 Å². The zero-order chi connectivity index (χ0) is 13.1. The SMILES string of the molecule is Cc1csc(C(C)NCc2c(O)cccc2Cl)n1. The number of nitrogens with one attached hydrogen (secondary N) is 1. The number of aromatic nitrogens is 1. The van der Waals surface area contributed by atoms with E-state index < -0.39 is 0 Å². The van der Waals surface area contributed by atoms with E-state index in [1.165, 1.54) is 0 Å². The standard InChI is InChI=1S/C13H15ClN2OS/c1-8-7-18-13(16-8)9(2)15-6-10-11(14)4-3-5-12(10)17/h3-5,7,9,15,17H,6H2,1-2H3. The number of benzene rings is 1. The van der Waals surface area contributed by atoms with Gasteiger partial charge in [0.05, 0.1) is 6.04 Å². The lowest BCUT2D eigenvalue weighted by molar-refractivity contribution is 0.460. The molecule has 3 nitrogen and oxygen atoms in total. The van der Waals surface area contributed by atoms with Crippen molar-refractivity contribution in [2.24, 2.45) is 0 Å². The summed E-state index contributed by atoms with van der Waals surface area (Å²) in [6.45, 7) is 4.55. The van der Waals surface area contributed by atoms with Crippen LogP contribution in [0.15, 0.2) is 23.6 Å². The Morgan fingerprint density at radius 1 is 1.50 bits per heavy atom. The normalized spacial score (nSPS) is 12.6. The molecule has 5 heteroatoms. The Morgan fingerprint density at radius 3 is 2.89 bits per heavy atom. The molecule has 0 saturated heterocycles. The van der Waals surface area contributed by atoms with Gasteiger partial charge in [0, 0.05) is 28.2 Å². The van der Waals surface area contributed by atoms with Crippen molar-refractivity contribution in [1.82, 2.24) is 10.3 Å². The molecule has 1 atom stereocenters. The molecule has 0 aliphatic carbocycles. The molecule has 96 valence electrons. The minimum atomic E-state index is 0.138. The van der Waals surface area contributed by atoms with Crippen LogP contribution < -0.4 is 5.32 Å². The number of hydrogen-bond acceptors (Lipinski definition) is 4. The molecule has 2 N–H and O–H groups in total. The lowest BCUT2D eigenvalue weighted by Gasteiger charge is -2.13. The molecule has 0 saturated carbocycles. The largest absolute Gasteiger partial charge is 0.508 e. The van der Waals surface area contributed by atoms with E-state index in [4.69, 9.17) is 11.6 Å². The molecular formula is C13H15ClN2OS. The quantitative estimate of drug-likeness (QED) is 0.899. The molecule has 1 aromatic heterocycles. The van der Waals surface area contributed by atoms with Crippen LogP contribution in [0.5, 0.6) is 5.75 Å². The first-order chi connectivity index (χ1) is 8.58. The fourth-order valence-corrected chi connectivity index (χ4v) is 2.70. The van der Waals surface area contributed by atoms with Crippen molar-refractivity contribution in [3.05, 3.63) is 44.9 Å². The summed E-state index contributed by atoms with van der Waals surface area (Å²) in [5.41, 5.74) is 1.75. The number of halogens is 1. The second-order valence-corrected chi connectivity index (χ2v) is 5.46. The molecule has 0 aliphatic heterocycles. The third-order valence-electron chi connectivity index (χ3n) is 2.69. The van der Waals surface area contributed by atoms with Gasteiger partial charge < -0.3 is 10.4 Å². The van der Waals surface area contributed by atoms with Crippen LogP contribution in [-0.2, 0) is 6.54 Å². The van der Waals surface area contributed by atoms with E-state index >= 15 is 0 Å². The van der Waals surface area contributed by atoms with Gasteiger partial charge >= 0.3 is 0 Å². The Kier molecular flexibility index (Phi) is 4.22. The van der Waals surface area contributed by atoms with E-state index in [1.807, 2.05) is 19.2 Å². The molecule has 0 fully saturated rings. The molecule has 18 heavy (non-hydrogen) atoms. The Labute approximate surface area is 115 Å². The topological polar surface area (TPSA) is 45.1 Å². The zero-order valence-corrected chi connectivity index (χ0v) is 11.8. The van der Waals surface area contributed by atoms with Crippen LogP contribution in [0.25, 0.3) is 0 Å². The van der Waals surface area contributed by atoms with E-state index in [1.54, 1.807) is 29.5 Å². The van der Waals surface area contributed by atoms with Crippen molar-refractivity contribution < 1.29 is 5.11 Å². The van der Waals surface area contributed by atoms with Crippen LogP contribution in [0.2, 0.25) is 5.02 Å². The first kappa shape index (κ1) is 13.3. The summed E-state index contributed by atoms with van der Waals surface area (Å²) in [5.74, 6) is 0.220. The molecule has 0 radical (unpaired) electrons. The second-order valence-electron chi connectivity index (χ2n) is 4.17. The molecular weight excluding hydrogens is 268 g/mol. The Hall–Kier alpha value is -1.10. The highest BCUT2D eigenvalue weighted by atomic mass is 35.5. The molecule has 2 aromatic rings. The maximum Gasteiger partial charge on any atom is 0.121 e. The first-order valence-electron chi connectivity index (χ1n) is 5.69. The summed E-state index contributed by atoms with van der Waals surface area (Å²) in [6.07, 6.45) is 0. The second kappa shape index (κ2) is 5.69. The maximum atomic E-state index is 9.74.